The molecule has 0 fully saturated rings. The Hall–Kier alpha value is -3.41. The summed E-state index contributed by atoms with van der Waals surface area (Å²) in [5.41, 5.74) is 0. The van der Waals surface area contributed by atoms with Crippen molar-refractivity contribution in [1.82, 2.24) is 0 Å². The van der Waals surface area contributed by atoms with E-state index in [0.29, 0.717) is 19.3 Å². The lowest BCUT2D eigenvalue weighted by Gasteiger charge is -2.18. The molecule has 0 aliphatic carbocycles. The summed E-state index contributed by atoms with van der Waals surface area (Å²) in [7, 11) is 0. The largest absolute Gasteiger partial charge is 0.462 e. The van der Waals surface area contributed by atoms with E-state index in [9.17, 15) is 14.4 Å². The van der Waals surface area contributed by atoms with E-state index in [1.54, 1.807) is 0 Å². The van der Waals surface area contributed by atoms with Crippen LogP contribution in [0.25, 0.3) is 0 Å². The van der Waals surface area contributed by atoms with E-state index in [2.05, 4.69) is 45.1 Å². The number of ether oxygens (including phenoxy) is 3. The first kappa shape index (κ1) is 59.6. The molecule has 0 saturated heterocycles. The van der Waals surface area contributed by atoms with Crippen LogP contribution in [-0.4, -0.2) is 37.2 Å². The van der Waals surface area contributed by atoms with Gasteiger partial charge in [0, 0.05) is 19.3 Å². The van der Waals surface area contributed by atoms with Crippen LogP contribution < -0.4 is 0 Å². The highest BCUT2D eigenvalue weighted by molar-refractivity contribution is 5.71. The standard InChI is InChI=1S/C57H96O6/c1-4-7-10-13-16-19-22-25-26-27-28-29-30-33-35-38-41-44-47-50-56(59)62-53-54(63-57(60)51-48-45-42-39-36-32-24-21-18-15-12-9-6-3)52-61-55(58)49-46-43-40-37-34-31-23-20-17-14-11-8-5-2/h9,12,15,18,21,24,31-32,34,36,39-40,42-43,54H,4-8,10-11,13-14,16-17,19-20,22-23,25-30,33,35,37-38,41,44-53H2,1-3H3/b12-9-,18-15-,24-21-,34-31-,36-32-,42-39-,43-40-. The molecule has 6 heteroatoms. The third-order valence-corrected chi connectivity index (χ3v) is 11.0. The monoisotopic (exact) mass is 877 g/mol. The summed E-state index contributed by atoms with van der Waals surface area (Å²) in [6, 6.07) is 0. The van der Waals surface area contributed by atoms with E-state index < -0.39 is 12.1 Å². The van der Waals surface area contributed by atoms with Crippen molar-refractivity contribution >= 4 is 17.9 Å². The molecule has 0 radical (unpaired) electrons. The Kier molecular flexibility index (Phi) is 48.5. The second-order valence-electron chi connectivity index (χ2n) is 17.2. The molecule has 360 valence electrons. The number of unbranched alkanes of at least 4 members (excludes halogenated alkanes) is 25. The quantitative estimate of drug-likeness (QED) is 0.0199. The van der Waals surface area contributed by atoms with Crippen molar-refractivity contribution in [2.24, 2.45) is 0 Å². The fraction of sp³-hybridized carbons (Fsp3) is 0.702. The fourth-order valence-electron chi connectivity index (χ4n) is 7.11. The molecule has 1 atom stereocenters. The zero-order valence-electron chi connectivity index (χ0n) is 41.1. The van der Waals surface area contributed by atoms with Crippen molar-refractivity contribution in [3.05, 3.63) is 85.1 Å². The summed E-state index contributed by atoms with van der Waals surface area (Å²) in [6.45, 7) is 6.38. The number of esters is 3. The predicted molar refractivity (Wildman–Crippen MR) is 270 cm³/mol. The second kappa shape index (κ2) is 51.2. The van der Waals surface area contributed by atoms with Crippen LogP contribution in [0, 0.1) is 0 Å². The topological polar surface area (TPSA) is 78.9 Å². The molecule has 0 amide bonds. The molecule has 0 aromatic carbocycles. The third-order valence-electron chi connectivity index (χ3n) is 11.0. The number of rotatable bonds is 46. The van der Waals surface area contributed by atoms with Crippen LogP contribution in [0.5, 0.6) is 0 Å². The van der Waals surface area contributed by atoms with Crippen molar-refractivity contribution in [2.75, 3.05) is 13.2 Å². The average molecular weight is 877 g/mol. The van der Waals surface area contributed by atoms with E-state index in [4.69, 9.17) is 14.2 Å². The molecule has 0 heterocycles. The van der Waals surface area contributed by atoms with Crippen LogP contribution in [0.15, 0.2) is 85.1 Å². The zero-order valence-corrected chi connectivity index (χ0v) is 41.1. The van der Waals surface area contributed by atoms with Gasteiger partial charge in [0.05, 0.1) is 0 Å². The van der Waals surface area contributed by atoms with Crippen LogP contribution in [0.1, 0.15) is 239 Å². The fourth-order valence-corrected chi connectivity index (χ4v) is 7.11. The van der Waals surface area contributed by atoms with Crippen molar-refractivity contribution in [3.8, 4) is 0 Å². The Morgan fingerprint density at radius 3 is 1.22 bits per heavy atom. The molecule has 0 aromatic rings. The second-order valence-corrected chi connectivity index (χ2v) is 17.2. The number of hydrogen-bond donors (Lipinski definition) is 0. The number of hydrogen-bond acceptors (Lipinski definition) is 6. The molecule has 0 spiro atoms. The molecule has 63 heavy (non-hydrogen) atoms. The Morgan fingerprint density at radius 1 is 0.349 bits per heavy atom. The summed E-state index contributed by atoms with van der Waals surface area (Å²) >= 11 is 0. The van der Waals surface area contributed by atoms with Gasteiger partial charge in [0.1, 0.15) is 13.2 Å². The lowest BCUT2D eigenvalue weighted by atomic mass is 10.0. The van der Waals surface area contributed by atoms with E-state index in [1.807, 2.05) is 60.8 Å². The predicted octanol–water partition coefficient (Wildman–Crippen LogP) is 17.2. The summed E-state index contributed by atoms with van der Waals surface area (Å²) in [6.07, 6.45) is 66.0. The minimum atomic E-state index is -0.834. The molecular formula is C57H96O6. The first-order chi connectivity index (χ1) is 31.0. The minimum Gasteiger partial charge on any atom is -0.462 e. The van der Waals surface area contributed by atoms with Gasteiger partial charge in [-0.2, -0.15) is 0 Å². The van der Waals surface area contributed by atoms with E-state index in [0.717, 1.165) is 44.9 Å². The normalized spacial score (nSPS) is 12.7. The summed E-state index contributed by atoms with van der Waals surface area (Å²) in [5.74, 6) is -1.07. The Balaban J connectivity index is 4.46. The number of carbonyl (C=O) groups excluding carboxylic acids is 3. The van der Waals surface area contributed by atoms with Crippen LogP contribution in [0.3, 0.4) is 0 Å². The summed E-state index contributed by atoms with van der Waals surface area (Å²) in [5, 5.41) is 0. The van der Waals surface area contributed by atoms with Gasteiger partial charge in [-0.25, -0.2) is 0 Å². The van der Waals surface area contributed by atoms with Crippen LogP contribution in [-0.2, 0) is 28.6 Å². The lowest BCUT2D eigenvalue weighted by Crippen LogP contribution is -2.30. The molecule has 6 nitrogen and oxygen atoms in total. The van der Waals surface area contributed by atoms with Crippen molar-refractivity contribution in [2.45, 2.75) is 245 Å². The first-order valence-corrected chi connectivity index (χ1v) is 26.2. The Morgan fingerprint density at radius 2 is 0.730 bits per heavy atom. The number of carbonyl (C=O) groups is 3. The molecular weight excluding hydrogens is 781 g/mol. The van der Waals surface area contributed by atoms with Gasteiger partial charge in [-0.1, -0.05) is 254 Å². The Labute approximate surface area is 388 Å². The lowest BCUT2D eigenvalue weighted by molar-refractivity contribution is -0.166. The van der Waals surface area contributed by atoms with Crippen LogP contribution >= 0.6 is 0 Å². The molecule has 0 aliphatic rings. The maximum Gasteiger partial charge on any atom is 0.306 e. The summed E-state index contributed by atoms with van der Waals surface area (Å²) in [4.78, 5) is 37.9. The minimum absolute atomic E-state index is 0.121. The SMILES string of the molecule is CC\C=C/C=C\C=C/C=C\C=C/CCCC(=O)OC(COC(=O)CC/C=C\C/C=C\CCCCCCCC)COC(=O)CCCCCCCCCCCCCCCCCCCCC. The van der Waals surface area contributed by atoms with Gasteiger partial charge in [0.15, 0.2) is 6.10 Å². The highest BCUT2D eigenvalue weighted by Gasteiger charge is 2.19. The van der Waals surface area contributed by atoms with E-state index in [-0.39, 0.29) is 38.0 Å². The van der Waals surface area contributed by atoms with Gasteiger partial charge < -0.3 is 14.2 Å². The van der Waals surface area contributed by atoms with Gasteiger partial charge in [-0.15, -0.1) is 0 Å². The molecule has 0 bridgehead atoms. The van der Waals surface area contributed by atoms with Gasteiger partial charge in [0.2, 0.25) is 0 Å². The van der Waals surface area contributed by atoms with Gasteiger partial charge >= 0.3 is 17.9 Å². The van der Waals surface area contributed by atoms with Gasteiger partial charge in [0.25, 0.3) is 0 Å². The molecule has 1 unspecified atom stereocenters. The van der Waals surface area contributed by atoms with Crippen molar-refractivity contribution < 1.29 is 28.6 Å². The molecule has 0 N–H and O–H groups in total. The first-order valence-electron chi connectivity index (χ1n) is 26.2. The van der Waals surface area contributed by atoms with Crippen molar-refractivity contribution in [3.63, 3.8) is 0 Å². The highest BCUT2D eigenvalue weighted by atomic mass is 16.6. The van der Waals surface area contributed by atoms with E-state index in [1.165, 1.54) is 141 Å². The maximum atomic E-state index is 12.7. The maximum absolute atomic E-state index is 12.7. The molecule has 0 aliphatic heterocycles. The smallest absolute Gasteiger partial charge is 0.306 e. The summed E-state index contributed by atoms with van der Waals surface area (Å²) < 4.78 is 16.7. The van der Waals surface area contributed by atoms with Crippen LogP contribution in [0.4, 0.5) is 0 Å². The van der Waals surface area contributed by atoms with Crippen LogP contribution in [0.2, 0.25) is 0 Å². The molecule has 0 saturated carbocycles. The van der Waals surface area contributed by atoms with Gasteiger partial charge in [-0.05, 0) is 51.4 Å². The van der Waals surface area contributed by atoms with Crippen molar-refractivity contribution in [1.29, 1.82) is 0 Å². The average Bonchev–Trinajstić information content (AvgIpc) is 3.28. The number of allylic oxidation sites excluding steroid dienone is 14. The van der Waals surface area contributed by atoms with Gasteiger partial charge in [-0.3, -0.25) is 14.4 Å². The zero-order chi connectivity index (χ0) is 45.8. The Bertz CT molecular complexity index is 1240. The molecule has 0 rings (SSSR count). The van der Waals surface area contributed by atoms with E-state index >= 15 is 0 Å². The third kappa shape index (κ3) is 49.5. The highest BCUT2D eigenvalue weighted by Crippen LogP contribution is 2.15. The molecule has 0 aromatic heterocycles.